The molecule has 1 unspecified atom stereocenters. The molecular weight excluding hydrogens is 318 g/mol. The highest BCUT2D eigenvalue weighted by Crippen LogP contribution is 2.25. The Bertz CT molecular complexity index is 761. The van der Waals surface area contributed by atoms with E-state index in [-0.39, 0.29) is 0 Å². The van der Waals surface area contributed by atoms with Crippen LogP contribution < -0.4 is 4.74 Å². The number of benzene rings is 1. The lowest BCUT2D eigenvalue weighted by Crippen LogP contribution is -1.94. The van der Waals surface area contributed by atoms with Gasteiger partial charge < -0.3 is 4.74 Å². The quantitative estimate of drug-likeness (QED) is 0.693. The Kier molecular flexibility index (Phi) is 4.54. The summed E-state index contributed by atoms with van der Waals surface area (Å²) in [5, 5.41) is 4.34. The number of fused-ring (bicyclic) bond motifs is 1. The maximum absolute atomic E-state index is 11.8. The van der Waals surface area contributed by atoms with E-state index in [2.05, 4.69) is 17.0 Å². The third-order valence-electron chi connectivity index (χ3n) is 3.10. The number of nitrogens with zero attached hydrogens (tertiary/aromatic N) is 3. The molecule has 2 heterocycles. The van der Waals surface area contributed by atoms with E-state index in [1.54, 1.807) is 4.52 Å². The number of imidazole rings is 1. The Hall–Kier alpha value is -1.73. The summed E-state index contributed by atoms with van der Waals surface area (Å²) in [6.45, 7) is 4.69. The first kappa shape index (κ1) is 15.2. The van der Waals surface area contributed by atoms with Gasteiger partial charge in [0.15, 0.2) is 0 Å². The molecule has 1 aromatic carbocycles. The molecule has 3 aromatic rings. The van der Waals surface area contributed by atoms with Crippen molar-refractivity contribution in [2.75, 3.05) is 12.4 Å². The van der Waals surface area contributed by atoms with Gasteiger partial charge in [-0.05, 0) is 30.7 Å². The summed E-state index contributed by atoms with van der Waals surface area (Å²) in [6.07, 6.45) is 2.86. The first-order chi connectivity index (χ1) is 10.7. The van der Waals surface area contributed by atoms with Crippen LogP contribution in [0.4, 0.5) is 0 Å². The molecule has 0 aliphatic heterocycles. The summed E-state index contributed by atoms with van der Waals surface area (Å²) in [5.41, 5.74) is 1.87. The molecule has 0 amide bonds. The number of aromatic nitrogens is 3. The largest absolute Gasteiger partial charge is 0.494 e. The molecule has 7 heteroatoms. The lowest BCUT2D eigenvalue weighted by molar-refractivity contribution is 0.317. The molecule has 2 aromatic heterocycles. The van der Waals surface area contributed by atoms with Crippen molar-refractivity contribution in [3.05, 3.63) is 30.5 Å². The molecule has 116 valence electrons. The van der Waals surface area contributed by atoms with Gasteiger partial charge in [-0.15, -0.1) is 5.10 Å². The zero-order valence-corrected chi connectivity index (χ0v) is 14.1. The number of hydrogen-bond donors (Lipinski definition) is 0. The highest BCUT2D eigenvalue weighted by atomic mass is 32.2. The minimum atomic E-state index is -1.03. The lowest BCUT2D eigenvalue weighted by atomic mass is 10.2. The van der Waals surface area contributed by atoms with E-state index in [9.17, 15) is 4.21 Å². The molecule has 3 rings (SSSR count). The highest BCUT2D eigenvalue weighted by molar-refractivity contribution is 7.87. The first-order valence-corrected chi connectivity index (χ1v) is 9.32. The molecule has 0 aliphatic carbocycles. The van der Waals surface area contributed by atoms with Crippen LogP contribution in [0.3, 0.4) is 0 Å². The fraction of sp³-hybridized carbons (Fsp3) is 0.333. The van der Waals surface area contributed by atoms with Gasteiger partial charge in [-0.25, -0.2) is 9.50 Å². The summed E-state index contributed by atoms with van der Waals surface area (Å²) in [6, 6.07) is 7.87. The van der Waals surface area contributed by atoms with Gasteiger partial charge in [-0.1, -0.05) is 25.2 Å². The maximum atomic E-state index is 11.8. The average Bonchev–Trinajstić information content (AvgIpc) is 3.11. The molecule has 22 heavy (non-hydrogen) atoms. The molecule has 0 radical (unpaired) electrons. The second-order valence-electron chi connectivity index (χ2n) is 4.73. The van der Waals surface area contributed by atoms with Crippen LogP contribution >= 0.6 is 11.3 Å². The van der Waals surface area contributed by atoms with Gasteiger partial charge in [0.05, 0.1) is 29.3 Å². The van der Waals surface area contributed by atoms with Crippen molar-refractivity contribution in [1.82, 2.24) is 14.6 Å². The van der Waals surface area contributed by atoms with E-state index < -0.39 is 10.8 Å². The molecule has 0 saturated carbocycles. The third-order valence-corrected chi connectivity index (χ3v) is 5.62. The molecule has 1 atom stereocenters. The minimum absolute atomic E-state index is 0.572. The normalized spacial score (nSPS) is 12.6. The van der Waals surface area contributed by atoms with Crippen molar-refractivity contribution in [3.63, 3.8) is 0 Å². The number of rotatable bonds is 6. The van der Waals surface area contributed by atoms with Crippen LogP contribution in [-0.4, -0.2) is 31.2 Å². The zero-order valence-electron chi connectivity index (χ0n) is 12.5. The molecule has 0 fully saturated rings. The summed E-state index contributed by atoms with van der Waals surface area (Å²) in [5.74, 6) is 1.44. The van der Waals surface area contributed by atoms with Crippen molar-refractivity contribution in [3.8, 4) is 17.0 Å². The smallest absolute Gasteiger partial charge is 0.213 e. The fourth-order valence-corrected chi connectivity index (χ4v) is 3.97. The Balaban J connectivity index is 1.84. The van der Waals surface area contributed by atoms with E-state index in [1.807, 2.05) is 37.4 Å². The van der Waals surface area contributed by atoms with Gasteiger partial charge in [0.25, 0.3) is 0 Å². The van der Waals surface area contributed by atoms with Crippen LogP contribution in [0.25, 0.3) is 16.2 Å². The van der Waals surface area contributed by atoms with Crippen LogP contribution in [0.1, 0.15) is 20.3 Å². The van der Waals surface area contributed by atoms with Crippen molar-refractivity contribution in [2.45, 2.75) is 24.6 Å². The zero-order chi connectivity index (χ0) is 15.5. The third kappa shape index (κ3) is 3.05. The van der Waals surface area contributed by atoms with Crippen molar-refractivity contribution in [1.29, 1.82) is 0 Å². The van der Waals surface area contributed by atoms with E-state index in [4.69, 9.17) is 4.74 Å². The predicted octanol–water partition coefficient (Wildman–Crippen LogP) is 3.37. The SMILES string of the molecule is CCCOc1ccc(-c2cn3nc(S(=O)CC)sc3n2)cc1. The van der Waals surface area contributed by atoms with Crippen molar-refractivity contribution < 1.29 is 8.95 Å². The second-order valence-corrected chi connectivity index (χ2v) is 7.60. The summed E-state index contributed by atoms with van der Waals surface area (Å²) < 4.78 is 19.7. The molecular formula is C15H17N3O2S2. The molecule has 0 bridgehead atoms. The fourth-order valence-electron chi connectivity index (χ4n) is 1.98. The first-order valence-electron chi connectivity index (χ1n) is 7.19. The Morgan fingerprint density at radius 1 is 1.27 bits per heavy atom. The van der Waals surface area contributed by atoms with Crippen LogP contribution in [0.2, 0.25) is 0 Å². The van der Waals surface area contributed by atoms with Crippen LogP contribution in [0.15, 0.2) is 34.8 Å². The van der Waals surface area contributed by atoms with E-state index >= 15 is 0 Å². The summed E-state index contributed by atoms with van der Waals surface area (Å²) >= 11 is 1.38. The monoisotopic (exact) mass is 335 g/mol. The molecule has 0 saturated heterocycles. The number of ether oxygens (including phenoxy) is 1. The minimum Gasteiger partial charge on any atom is -0.494 e. The van der Waals surface area contributed by atoms with Crippen molar-refractivity contribution >= 4 is 27.1 Å². The van der Waals surface area contributed by atoms with Crippen molar-refractivity contribution in [2.24, 2.45) is 0 Å². The standard InChI is InChI=1S/C15H17N3O2S2/c1-3-9-20-12-7-5-11(6-8-12)13-10-18-14(16-13)21-15(17-18)22(19)4-2/h5-8,10H,3-4,9H2,1-2H3. The summed E-state index contributed by atoms with van der Waals surface area (Å²) in [4.78, 5) is 5.32. The molecule has 0 N–H and O–H groups in total. The topological polar surface area (TPSA) is 56.5 Å². The molecule has 0 aliphatic rings. The lowest BCUT2D eigenvalue weighted by Gasteiger charge is -2.04. The van der Waals surface area contributed by atoms with Crippen LogP contribution in [-0.2, 0) is 10.8 Å². The average molecular weight is 335 g/mol. The van der Waals surface area contributed by atoms with Crippen LogP contribution in [0.5, 0.6) is 5.75 Å². The summed E-state index contributed by atoms with van der Waals surface area (Å²) in [7, 11) is -1.03. The Labute approximate surface area is 135 Å². The molecule has 0 spiro atoms. The maximum Gasteiger partial charge on any atom is 0.213 e. The van der Waals surface area contributed by atoms with E-state index in [0.29, 0.717) is 10.1 Å². The van der Waals surface area contributed by atoms with Gasteiger partial charge in [-0.2, -0.15) is 0 Å². The molecule has 5 nitrogen and oxygen atoms in total. The Morgan fingerprint density at radius 3 is 2.68 bits per heavy atom. The van der Waals surface area contributed by atoms with Gasteiger partial charge >= 0.3 is 0 Å². The predicted molar refractivity (Wildman–Crippen MR) is 89.0 cm³/mol. The highest BCUT2D eigenvalue weighted by Gasteiger charge is 2.13. The van der Waals surface area contributed by atoms with E-state index in [0.717, 1.165) is 35.0 Å². The number of hydrogen-bond acceptors (Lipinski definition) is 5. The van der Waals surface area contributed by atoms with Gasteiger partial charge in [0, 0.05) is 11.3 Å². The van der Waals surface area contributed by atoms with E-state index in [1.165, 1.54) is 11.3 Å². The van der Waals surface area contributed by atoms with Crippen LogP contribution in [0, 0.1) is 0 Å². The van der Waals surface area contributed by atoms with Gasteiger partial charge in [0.1, 0.15) is 5.75 Å². The Morgan fingerprint density at radius 2 is 2.05 bits per heavy atom. The van der Waals surface area contributed by atoms with Gasteiger partial charge in [0.2, 0.25) is 9.30 Å². The van der Waals surface area contributed by atoms with Gasteiger partial charge in [-0.3, -0.25) is 4.21 Å². The second kappa shape index (κ2) is 6.58.